The number of anilines is 1. The maximum atomic E-state index is 6.25. The molecule has 0 radical (unpaired) electrons. The fourth-order valence-corrected chi connectivity index (χ4v) is 3.13. The van der Waals surface area contributed by atoms with E-state index in [-0.39, 0.29) is 0 Å². The monoisotopic (exact) mass is 290 g/mol. The smallest absolute Gasteiger partial charge is 0.119 e. The Morgan fingerprint density at radius 3 is 2.57 bits per heavy atom. The SMILES string of the molecule is CCCCC1CC(N)CN(c2ccc(OCCC)cc2)C1. The van der Waals surface area contributed by atoms with Crippen LogP contribution in [-0.2, 0) is 0 Å². The van der Waals surface area contributed by atoms with Crippen molar-refractivity contribution in [3.63, 3.8) is 0 Å². The molecule has 0 saturated carbocycles. The molecule has 2 rings (SSSR count). The highest BCUT2D eigenvalue weighted by Gasteiger charge is 2.24. The van der Waals surface area contributed by atoms with E-state index in [2.05, 4.69) is 43.0 Å². The second kappa shape index (κ2) is 8.28. The standard InChI is InChI=1S/C18H30N2O/c1-3-5-6-15-12-16(19)14-20(13-15)17-7-9-18(10-8-17)21-11-4-2/h7-10,15-16H,3-6,11-14,19H2,1-2H3. The highest BCUT2D eigenvalue weighted by Crippen LogP contribution is 2.27. The Kier molecular flexibility index (Phi) is 6.37. The van der Waals surface area contributed by atoms with Crippen LogP contribution in [0.2, 0.25) is 0 Å². The summed E-state index contributed by atoms with van der Waals surface area (Å²) in [5.74, 6) is 1.70. The molecule has 1 aromatic carbocycles. The summed E-state index contributed by atoms with van der Waals surface area (Å²) >= 11 is 0. The molecule has 21 heavy (non-hydrogen) atoms. The summed E-state index contributed by atoms with van der Waals surface area (Å²) in [4.78, 5) is 2.44. The number of ether oxygens (including phenoxy) is 1. The quantitative estimate of drug-likeness (QED) is 0.829. The summed E-state index contributed by atoms with van der Waals surface area (Å²) in [6, 6.07) is 8.79. The van der Waals surface area contributed by atoms with E-state index in [1.54, 1.807) is 0 Å². The zero-order chi connectivity index (χ0) is 15.1. The van der Waals surface area contributed by atoms with E-state index < -0.39 is 0 Å². The van der Waals surface area contributed by atoms with Crippen LogP contribution in [0.3, 0.4) is 0 Å². The highest BCUT2D eigenvalue weighted by atomic mass is 16.5. The number of hydrogen-bond acceptors (Lipinski definition) is 3. The summed E-state index contributed by atoms with van der Waals surface area (Å²) in [7, 11) is 0. The summed E-state index contributed by atoms with van der Waals surface area (Å²) in [6.45, 7) is 7.28. The minimum absolute atomic E-state index is 0.302. The van der Waals surface area contributed by atoms with E-state index in [1.807, 2.05) is 0 Å². The summed E-state index contributed by atoms with van der Waals surface area (Å²) in [5.41, 5.74) is 7.53. The fraction of sp³-hybridized carbons (Fsp3) is 0.667. The topological polar surface area (TPSA) is 38.5 Å². The van der Waals surface area contributed by atoms with Crippen LogP contribution in [0.5, 0.6) is 5.75 Å². The largest absolute Gasteiger partial charge is 0.494 e. The van der Waals surface area contributed by atoms with Crippen molar-refractivity contribution in [3.05, 3.63) is 24.3 Å². The van der Waals surface area contributed by atoms with Crippen LogP contribution < -0.4 is 15.4 Å². The molecule has 0 aliphatic carbocycles. The number of unbranched alkanes of at least 4 members (excludes halogenated alkanes) is 1. The highest BCUT2D eigenvalue weighted by molar-refractivity contribution is 5.49. The Labute approximate surface area is 129 Å². The first kappa shape index (κ1) is 16.2. The molecular weight excluding hydrogens is 260 g/mol. The normalized spacial score (nSPS) is 22.3. The first-order valence-electron chi connectivity index (χ1n) is 8.46. The van der Waals surface area contributed by atoms with Crippen LogP contribution in [-0.4, -0.2) is 25.7 Å². The first-order chi connectivity index (χ1) is 10.2. The molecule has 2 atom stereocenters. The van der Waals surface area contributed by atoms with Crippen molar-refractivity contribution in [2.45, 2.75) is 52.0 Å². The second-order valence-electron chi connectivity index (χ2n) is 6.25. The molecule has 1 aliphatic heterocycles. The van der Waals surface area contributed by atoms with Crippen molar-refractivity contribution in [3.8, 4) is 5.75 Å². The van der Waals surface area contributed by atoms with Crippen molar-refractivity contribution >= 4 is 5.69 Å². The summed E-state index contributed by atoms with van der Waals surface area (Å²) in [6.07, 6.45) is 6.11. The molecule has 0 bridgehead atoms. The molecule has 118 valence electrons. The van der Waals surface area contributed by atoms with Gasteiger partial charge in [-0.15, -0.1) is 0 Å². The zero-order valence-corrected chi connectivity index (χ0v) is 13.6. The fourth-order valence-electron chi connectivity index (χ4n) is 3.13. The Hall–Kier alpha value is -1.22. The van der Waals surface area contributed by atoms with Gasteiger partial charge in [0.2, 0.25) is 0 Å². The Bertz CT molecular complexity index is 404. The average molecular weight is 290 g/mol. The maximum Gasteiger partial charge on any atom is 0.119 e. The summed E-state index contributed by atoms with van der Waals surface area (Å²) in [5, 5.41) is 0. The molecular formula is C18H30N2O. The average Bonchev–Trinajstić information content (AvgIpc) is 2.51. The van der Waals surface area contributed by atoms with Gasteiger partial charge in [-0.25, -0.2) is 0 Å². The van der Waals surface area contributed by atoms with Crippen molar-refractivity contribution in [2.75, 3.05) is 24.6 Å². The van der Waals surface area contributed by atoms with Gasteiger partial charge in [0, 0.05) is 24.8 Å². The van der Waals surface area contributed by atoms with Gasteiger partial charge in [0.1, 0.15) is 5.75 Å². The molecule has 3 nitrogen and oxygen atoms in total. The van der Waals surface area contributed by atoms with E-state index in [4.69, 9.17) is 10.5 Å². The number of hydrogen-bond donors (Lipinski definition) is 1. The molecule has 0 aromatic heterocycles. The number of rotatable bonds is 7. The van der Waals surface area contributed by atoms with Crippen LogP contribution in [0.25, 0.3) is 0 Å². The van der Waals surface area contributed by atoms with E-state index in [9.17, 15) is 0 Å². The second-order valence-corrected chi connectivity index (χ2v) is 6.25. The molecule has 2 N–H and O–H groups in total. The molecule has 1 aromatic rings. The number of benzene rings is 1. The van der Waals surface area contributed by atoms with Crippen LogP contribution in [0, 0.1) is 5.92 Å². The van der Waals surface area contributed by atoms with E-state index in [0.717, 1.165) is 37.8 Å². The number of nitrogens with two attached hydrogens (primary N) is 1. The molecule has 1 fully saturated rings. The predicted molar refractivity (Wildman–Crippen MR) is 90.0 cm³/mol. The van der Waals surface area contributed by atoms with Crippen molar-refractivity contribution in [2.24, 2.45) is 11.7 Å². The lowest BCUT2D eigenvalue weighted by Crippen LogP contribution is -2.47. The molecule has 1 aliphatic rings. The van der Waals surface area contributed by atoms with E-state index in [0.29, 0.717) is 6.04 Å². The molecule has 1 saturated heterocycles. The van der Waals surface area contributed by atoms with Crippen molar-refractivity contribution < 1.29 is 4.74 Å². The molecule has 2 unspecified atom stereocenters. The Morgan fingerprint density at radius 1 is 1.14 bits per heavy atom. The number of nitrogens with zero attached hydrogens (tertiary/aromatic N) is 1. The lowest BCUT2D eigenvalue weighted by molar-refractivity contribution is 0.317. The Balaban J connectivity index is 1.95. The first-order valence-corrected chi connectivity index (χ1v) is 8.46. The predicted octanol–water partition coefficient (Wildman–Crippen LogP) is 3.82. The maximum absolute atomic E-state index is 6.25. The van der Waals surface area contributed by atoms with Crippen LogP contribution in [0.15, 0.2) is 24.3 Å². The van der Waals surface area contributed by atoms with Crippen LogP contribution in [0.1, 0.15) is 46.0 Å². The molecule has 0 spiro atoms. The number of piperidine rings is 1. The van der Waals surface area contributed by atoms with Crippen LogP contribution >= 0.6 is 0 Å². The van der Waals surface area contributed by atoms with Gasteiger partial charge < -0.3 is 15.4 Å². The molecule has 0 amide bonds. The lowest BCUT2D eigenvalue weighted by atomic mass is 9.90. The van der Waals surface area contributed by atoms with Gasteiger partial charge >= 0.3 is 0 Å². The van der Waals surface area contributed by atoms with Gasteiger partial charge in [0.05, 0.1) is 6.61 Å². The summed E-state index contributed by atoms with van der Waals surface area (Å²) < 4.78 is 5.65. The van der Waals surface area contributed by atoms with Gasteiger partial charge in [-0.3, -0.25) is 0 Å². The molecule has 3 heteroatoms. The zero-order valence-electron chi connectivity index (χ0n) is 13.6. The Morgan fingerprint density at radius 2 is 1.90 bits per heavy atom. The van der Waals surface area contributed by atoms with E-state index in [1.165, 1.54) is 31.4 Å². The van der Waals surface area contributed by atoms with Crippen molar-refractivity contribution in [1.82, 2.24) is 0 Å². The van der Waals surface area contributed by atoms with Gasteiger partial charge in [0.25, 0.3) is 0 Å². The van der Waals surface area contributed by atoms with Gasteiger partial charge in [0.15, 0.2) is 0 Å². The minimum atomic E-state index is 0.302. The van der Waals surface area contributed by atoms with E-state index >= 15 is 0 Å². The van der Waals surface area contributed by atoms with Crippen LogP contribution in [0.4, 0.5) is 5.69 Å². The minimum Gasteiger partial charge on any atom is -0.494 e. The van der Waals surface area contributed by atoms with Gasteiger partial charge in [-0.05, 0) is 49.4 Å². The molecule has 1 heterocycles. The van der Waals surface area contributed by atoms with Crippen molar-refractivity contribution in [1.29, 1.82) is 0 Å². The van der Waals surface area contributed by atoms with Gasteiger partial charge in [-0.2, -0.15) is 0 Å². The third-order valence-corrected chi connectivity index (χ3v) is 4.21. The third kappa shape index (κ3) is 4.92. The third-order valence-electron chi connectivity index (χ3n) is 4.21. The van der Waals surface area contributed by atoms with Gasteiger partial charge in [-0.1, -0.05) is 26.7 Å². The lowest BCUT2D eigenvalue weighted by Gasteiger charge is -2.38.